The molecule has 7 atom stereocenters. The predicted octanol–water partition coefficient (Wildman–Crippen LogP) is 4.59. The first-order valence-electron chi connectivity index (χ1n) is 12.1. The fraction of sp³-hybridized carbons (Fsp3) is 0.769. The lowest BCUT2D eigenvalue weighted by atomic mass is 9.35. The van der Waals surface area contributed by atoms with E-state index in [0.717, 1.165) is 56.2 Å². The maximum atomic E-state index is 15.2. The van der Waals surface area contributed by atoms with Crippen molar-refractivity contribution in [1.82, 2.24) is 4.90 Å². The Morgan fingerprint density at radius 2 is 2.06 bits per heavy atom. The monoisotopic (exact) mass is 431 g/mol. The molecule has 2 heterocycles. The van der Waals surface area contributed by atoms with Crippen LogP contribution in [0.2, 0.25) is 0 Å². The van der Waals surface area contributed by atoms with Gasteiger partial charge in [0.2, 0.25) is 0 Å². The average molecular weight is 432 g/mol. The molecule has 6 rings (SSSR count). The second-order valence-corrected chi connectivity index (χ2v) is 11.1. The van der Waals surface area contributed by atoms with Gasteiger partial charge < -0.3 is 19.5 Å². The quantitative estimate of drug-likeness (QED) is 0.757. The van der Waals surface area contributed by atoms with Gasteiger partial charge in [0, 0.05) is 30.0 Å². The van der Waals surface area contributed by atoms with Crippen molar-refractivity contribution in [3.63, 3.8) is 0 Å². The van der Waals surface area contributed by atoms with Gasteiger partial charge in [-0.2, -0.15) is 0 Å². The van der Waals surface area contributed by atoms with Gasteiger partial charge in [0.25, 0.3) is 0 Å². The van der Waals surface area contributed by atoms with Crippen molar-refractivity contribution in [2.24, 2.45) is 11.3 Å². The zero-order valence-electron chi connectivity index (χ0n) is 19.9. The number of rotatable bonds is 4. The summed E-state index contributed by atoms with van der Waals surface area (Å²) < 4.78 is 28.2. The Kier molecular flexibility index (Phi) is 4.67. The highest BCUT2D eigenvalue weighted by atomic mass is 19.1. The summed E-state index contributed by atoms with van der Waals surface area (Å²) in [4.78, 5) is 2.46. The van der Waals surface area contributed by atoms with Gasteiger partial charge in [0.15, 0.2) is 11.6 Å². The third-order valence-electron chi connectivity index (χ3n) is 10.1. The van der Waals surface area contributed by atoms with Crippen LogP contribution in [0.25, 0.3) is 0 Å². The van der Waals surface area contributed by atoms with E-state index >= 15 is 4.39 Å². The summed E-state index contributed by atoms with van der Waals surface area (Å²) in [6.45, 7) is 9.48. The molecule has 1 aromatic carbocycles. The summed E-state index contributed by atoms with van der Waals surface area (Å²) in [6.07, 6.45) is 5.04. The van der Waals surface area contributed by atoms with E-state index in [1.165, 1.54) is 0 Å². The molecule has 2 bridgehead atoms. The van der Waals surface area contributed by atoms with Crippen molar-refractivity contribution in [1.29, 1.82) is 0 Å². The van der Waals surface area contributed by atoms with E-state index in [0.29, 0.717) is 11.8 Å². The molecule has 2 aliphatic heterocycles. The molecule has 172 valence electrons. The van der Waals surface area contributed by atoms with Gasteiger partial charge in [0.1, 0.15) is 11.7 Å². The van der Waals surface area contributed by atoms with Gasteiger partial charge in [-0.1, -0.05) is 19.4 Å². The number of fused-ring (bicyclic) bond motifs is 3. The van der Waals surface area contributed by atoms with Gasteiger partial charge in [-0.3, -0.25) is 0 Å². The standard InChI is InChI=1S/C26H38FNO3/c1-7-10-23(4,29)19-15-24-11-12-26(19,30-6)22-25(24,13-14-28(5)17(24)3)20-16(2)8-9-18(27)21(20)31-22/h8-9,17,19,22,29H,7,10-15H2,1-6H3. The number of nitrogens with zero attached hydrogens (tertiary/aromatic N) is 1. The normalized spacial score (nSPS) is 43.0. The molecule has 1 N–H and O–H groups in total. The van der Waals surface area contributed by atoms with Crippen LogP contribution >= 0.6 is 0 Å². The van der Waals surface area contributed by atoms with Crippen LogP contribution in [0.3, 0.4) is 0 Å². The minimum Gasteiger partial charge on any atom is -0.483 e. The summed E-state index contributed by atoms with van der Waals surface area (Å²) in [5.74, 6) is 0.113. The number of ether oxygens (including phenoxy) is 2. The molecule has 0 aromatic heterocycles. The molecule has 7 unspecified atom stereocenters. The predicted molar refractivity (Wildman–Crippen MR) is 119 cm³/mol. The molecule has 31 heavy (non-hydrogen) atoms. The van der Waals surface area contributed by atoms with E-state index in [1.54, 1.807) is 13.2 Å². The van der Waals surface area contributed by atoms with Crippen molar-refractivity contribution >= 4 is 0 Å². The lowest BCUT2D eigenvalue weighted by Gasteiger charge is -2.73. The van der Waals surface area contributed by atoms with E-state index < -0.39 is 11.2 Å². The summed E-state index contributed by atoms with van der Waals surface area (Å²) in [7, 11) is 3.98. The molecule has 5 aliphatic rings. The number of likely N-dealkylation sites (tertiary alicyclic amines) is 1. The second-order valence-electron chi connectivity index (χ2n) is 11.1. The largest absolute Gasteiger partial charge is 0.483 e. The number of aryl methyl sites for hydroxylation is 1. The fourth-order valence-corrected chi connectivity index (χ4v) is 8.66. The number of hydrogen-bond acceptors (Lipinski definition) is 4. The van der Waals surface area contributed by atoms with Crippen LogP contribution in [0.4, 0.5) is 4.39 Å². The number of methoxy groups -OCH3 is 1. The third-order valence-corrected chi connectivity index (χ3v) is 10.1. The number of piperidine rings is 1. The Hall–Kier alpha value is -1.17. The van der Waals surface area contributed by atoms with Crippen LogP contribution in [0, 0.1) is 24.1 Å². The summed E-state index contributed by atoms with van der Waals surface area (Å²) >= 11 is 0. The van der Waals surface area contributed by atoms with Gasteiger partial charge in [-0.25, -0.2) is 4.39 Å². The van der Waals surface area contributed by atoms with E-state index in [-0.39, 0.29) is 28.7 Å². The molecular formula is C26H38FNO3. The van der Waals surface area contributed by atoms with Gasteiger partial charge in [-0.15, -0.1) is 0 Å². The van der Waals surface area contributed by atoms with Crippen molar-refractivity contribution in [2.45, 2.75) is 95.0 Å². The SMILES string of the molecule is CCCC(C)(O)C1CC23CCC1(OC)C1Oc4c(F)ccc(C)c4C12CCN(C)C3C. The first-order chi connectivity index (χ1) is 14.6. The number of aliphatic hydroxyl groups is 1. The molecule has 3 saturated carbocycles. The van der Waals surface area contributed by atoms with Crippen LogP contribution in [0.5, 0.6) is 5.75 Å². The van der Waals surface area contributed by atoms with Gasteiger partial charge in [0.05, 0.1) is 5.60 Å². The maximum absolute atomic E-state index is 15.2. The Bertz CT molecular complexity index is 903. The minimum absolute atomic E-state index is 0.0524. The Morgan fingerprint density at radius 3 is 2.74 bits per heavy atom. The lowest BCUT2D eigenvalue weighted by Crippen LogP contribution is -2.81. The van der Waals surface area contributed by atoms with Crippen LogP contribution in [-0.2, 0) is 10.2 Å². The highest BCUT2D eigenvalue weighted by Crippen LogP contribution is 2.75. The fourth-order valence-electron chi connectivity index (χ4n) is 8.66. The van der Waals surface area contributed by atoms with E-state index in [1.807, 2.05) is 13.0 Å². The van der Waals surface area contributed by atoms with Crippen molar-refractivity contribution < 1.29 is 19.0 Å². The Labute approximate surface area is 186 Å². The van der Waals surface area contributed by atoms with Gasteiger partial charge >= 0.3 is 0 Å². The highest BCUT2D eigenvalue weighted by Gasteiger charge is 2.80. The minimum atomic E-state index is -0.855. The third kappa shape index (κ3) is 2.36. The van der Waals surface area contributed by atoms with Gasteiger partial charge in [-0.05, 0) is 83.5 Å². The van der Waals surface area contributed by atoms with E-state index in [4.69, 9.17) is 9.47 Å². The molecule has 1 aromatic rings. The number of hydrogen-bond donors (Lipinski definition) is 1. The smallest absolute Gasteiger partial charge is 0.165 e. The lowest BCUT2D eigenvalue weighted by molar-refractivity contribution is -0.298. The first kappa shape index (κ1) is 21.7. The Morgan fingerprint density at radius 1 is 1.32 bits per heavy atom. The van der Waals surface area contributed by atoms with Crippen molar-refractivity contribution in [3.05, 3.63) is 29.1 Å². The molecule has 2 spiro atoms. The molecule has 4 nitrogen and oxygen atoms in total. The van der Waals surface area contributed by atoms with Crippen LogP contribution in [0.15, 0.2) is 12.1 Å². The average Bonchev–Trinajstić information content (AvgIpc) is 3.13. The summed E-state index contributed by atoms with van der Waals surface area (Å²) in [5, 5.41) is 11.7. The van der Waals surface area contributed by atoms with Crippen LogP contribution < -0.4 is 4.74 Å². The molecule has 5 heteroatoms. The topological polar surface area (TPSA) is 41.9 Å². The summed E-state index contributed by atoms with van der Waals surface area (Å²) in [5.41, 5.74) is 0.350. The molecule has 4 fully saturated rings. The highest BCUT2D eigenvalue weighted by molar-refractivity contribution is 5.56. The Balaban J connectivity index is 1.80. The van der Waals surface area contributed by atoms with Crippen LogP contribution in [0.1, 0.15) is 70.4 Å². The maximum Gasteiger partial charge on any atom is 0.165 e. The molecule has 3 aliphatic carbocycles. The second kappa shape index (κ2) is 6.68. The van der Waals surface area contributed by atoms with E-state index in [9.17, 15) is 5.11 Å². The van der Waals surface area contributed by atoms with E-state index in [2.05, 4.69) is 32.7 Å². The molecular weight excluding hydrogens is 393 g/mol. The zero-order chi connectivity index (χ0) is 22.4. The summed E-state index contributed by atoms with van der Waals surface area (Å²) in [6, 6.07) is 3.77. The molecule has 0 amide bonds. The first-order valence-corrected chi connectivity index (χ1v) is 12.1. The molecule has 1 saturated heterocycles. The number of halogens is 1. The number of benzene rings is 1. The van der Waals surface area contributed by atoms with Crippen LogP contribution in [-0.4, -0.2) is 54.1 Å². The zero-order valence-corrected chi connectivity index (χ0v) is 19.9. The molecule has 0 radical (unpaired) electrons. The van der Waals surface area contributed by atoms with Crippen molar-refractivity contribution in [2.75, 3.05) is 20.7 Å². The van der Waals surface area contributed by atoms with Crippen molar-refractivity contribution in [3.8, 4) is 5.75 Å².